The van der Waals surface area contributed by atoms with Gasteiger partial charge in [0.2, 0.25) is 0 Å². The van der Waals surface area contributed by atoms with Gasteiger partial charge >= 0.3 is 0 Å². The number of nitrogens with one attached hydrogen (secondary N) is 1. The fourth-order valence-electron chi connectivity index (χ4n) is 1.62. The summed E-state index contributed by atoms with van der Waals surface area (Å²) in [7, 11) is 0. The van der Waals surface area contributed by atoms with Gasteiger partial charge in [0.15, 0.2) is 0 Å². The van der Waals surface area contributed by atoms with E-state index in [9.17, 15) is 0 Å². The first-order valence-electron chi connectivity index (χ1n) is 5.85. The zero-order valence-electron chi connectivity index (χ0n) is 9.97. The van der Waals surface area contributed by atoms with Crippen LogP contribution in [0.2, 0.25) is 0 Å². The summed E-state index contributed by atoms with van der Waals surface area (Å²) in [6, 6.07) is 4.37. The number of nitrogens with zero attached hydrogens (tertiary/aromatic N) is 2. The smallest absolute Gasteiger partial charge is 0.103 e. The van der Waals surface area contributed by atoms with E-state index in [1.165, 1.54) is 0 Å². The van der Waals surface area contributed by atoms with Gasteiger partial charge in [-0.05, 0) is 25.5 Å². The molecule has 0 fully saturated rings. The number of hydrogen-bond donors (Lipinski definition) is 1. The Kier molecular flexibility index (Phi) is 4.27. The molecule has 17 heavy (non-hydrogen) atoms. The molecular formula is C13H17N3O. The number of furan rings is 1. The van der Waals surface area contributed by atoms with Gasteiger partial charge in [-0.15, -0.1) is 0 Å². The van der Waals surface area contributed by atoms with Crippen molar-refractivity contribution in [2.45, 2.75) is 32.4 Å². The van der Waals surface area contributed by atoms with Crippen molar-refractivity contribution in [3.8, 4) is 0 Å². The van der Waals surface area contributed by atoms with Gasteiger partial charge in [0.05, 0.1) is 12.0 Å². The number of aromatic nitrogens is 2. The number of hydrogen-bond acceptors (Lipinski definition) is 4. The third-order valence-electron chi connectivity index (χ3n) is 2.65. The van der Waals surface area contributed by atoms with Crippen LogP contribution in [0.15, 0.2) is 41.4 Å². The molecule has 1 N–H and O–H groups in total. The van der Waals surface area contributed by atoms with Crippen molar-refractivity contribution in [2.75, 3.05) is 0 Å². The molecule has 0 aliphatic heterocycles. The van der Waals surface area contributed by atoms with Crippen LogP contribution in [0.4, 0.5) is 0 Å². The molecule has 2 heterocycles. The molecule has 0 amide bonds. The second kappa shape index (κ2) is 6.15. The minimum Gasteiger partial charge on any atom is -0.469 e. The molecule has 2 aromatic rings. The highest BCUT2D eigenvalue weighted by atomic mass is 16.3. The molecule has 2 rings (SSSR count). The quantitative estimate of drug-likeness (QED) is 0.828. The highest BCUT2D eigenvalue weighted by Crippen LogP contribution is 2.06. The van der Waals surface area contributed by atoms with Crippen molar-refractivity contribution in [3.63, 3.8) is 0 Å². The predicted octanol–water partition coefficient (Wildman–Crippen LogP) is 2.18. The Morgan fingerprint density at radius 2 is 2.35 bits per heavy atom. The van der Waals surface area contributed by atoms with Crippen LogP contribution in [-0.2, 0) is 13.0 Å². The number of aryl methyl sites for hydroxylation is 1. The summed E-state index contributed by atoms with van der Waals surface area (Å²) in [5.74, 6) is 1.04. The van der Waals surface area contributed by atoms with Crippen LogP contribution < -0.4 is 5.32 Å². The van der Waals surface area contributed by atoms with Crippen molar-refractivity contribution < 1.29 is 4.42 Å². The molecule has 0 spiro atoms. The third-order valence-corrected chi connectivity index (χ3v) is 2.65. The molecule has 0 saturated carbocycles. The summed E-state index contributed by atoms with van der Waals surface area (Å²) >= 11 is 0. The number of rotatable bonds is 6. The molecule has 4 heteroatoms. The largest absolute Gasteiger partial charge is 0.469 e. The van der Waals surface area contributed by atoms with Gasteiger partial charge in [0.25, 0.3) is 0 Å². The van der Waals surface area contributed by atoms with Crippen LogP contribution in [0, 0.1) is 0 Å². The van der Waals surface area contributed by atoms with E-state index in [-0.39, 0.29) is 0 Å². The summed E-state index contributed by atoms with van der Waals surface area (Å²) in [6.07, 6.45) is 8.91. The second-order valence-electron chi connectivity index (χ2n) is 4.10. The fourth-order valence-corrected chi connectivity index (χ4v) is 1.62. The molecule has 0 aromatic carbocycles. The lowest BCUT2D eigenvalue weighted by molar-refractivity contribution is 0.458. The van der Waals surface area contributed by atoms with Crippen LogP contribution in [0.5, 0.6) is 0 Å². The van der Waals surface area contributed by atoms with Gasteiger partial charge < -0.3 is 9.73 Å². The first-order valence-corrected chi connectivity index (χ1v) is 5.85. The monoisotopic (exact) mass is 231 g/mol. The van der Waals surface area contributed by atoms with Crippen LogP contribution in [0.25, 0.3) is 0 Å². The van der Waals surface area contributed by atoms with Gasteiger partial charge in [-0.25, -0.2) is 0 Å². The van der Waals surface area contributed by atoms with Crippen molar-refractivity contribution in [2.24, 2.45) is 0 Å². The maximum absolute atomic E-state index is 5.30. The summed E-state index contributed by atoms with van der Waals surface area (Å²) in [6.45, 7) is 2.92. The molecular weight excluding hydrogens is 214 g/mol. The van der Waals surface area contributed by atoms with Gasteiger partial charge in [0.1, 0.15) is 5.76 Å². The van der Waals surface area contributed by atoms with Crippen molar-refractivity contribution in [1.29, 1.82) is 0 Å². The van der Waals surface area contributed by atoms with Crippen molar-refractivity contribution in [3.05, 3.63) is 48.4 Å². The lowest BCUT2D eigenvalue weighted by Crippen LogP contribution is -2.26. The average Bonchev–Trinajstić information content (AvgIpc) is 2.88. The maximum atomic E-state index is 5.30. The Labute approximate surface area is 101 Å². The Bertz CT molecular complexity index is 413. The Morgan fingerprint density at radius 1 is 1.41 bits per heavy atom. The molecule has 0 aliphatic carbocycles. The highest BCUT2D eigenvalue weighted by Gasteiger charge is 2.04. The van der Waals surface area contributed by atoms with Crippen molar-refractivity contribution in [1.82, 2.24) is 15.3 Å². The predicted molar refractivity (Wildman–Crippen MR) is 65.4 cm³/mol. The van der Waals surface area contributed by atoms with E-state index in [1.54, 1.807) is 24.9 Å². The van der Waals surface area contributed by atoms with E-state index in [4.69, 9.17) is 4.42 Å². The van der Waals surface area contributed by atoms with Crippen LogP contribution in [0.3, 0.4) is 0 Å². The topological polar surface area (TPSA) is 51.0 Å². The van der Waals surface area contributed by atoms with Gasteiger partial charge in [0, 0.05) is 37.6 Å². The molecule has 1 atom stereocenters. The molecule has 0 saturated heterocycles. The van der Waals surface area contributed by atoms with Crippen LogP contribution in [-0.4, -0.2) is 16.0 Å². The zero-order valence-corrected chi connectivity index (χ0v) is 9.97. The maximum Gasteiger partial charge on any atom is 0.103 e. The SMILES string of the molecule is CC(CCc1ccco1)NCc1cnccn1. The second-order valence-corrected chi connectivity index (χ2v) is 4.10. The lowest BCUT2D eigenvalue weighted by atomic mass is 10.1. The minimum atomic E-state index is 0.433. The van der Waals surface area contributed by atoms with E-state index in [1.807, 2.05) is 12.1 Å². The standard InChI is InChI=1S/C13H17N3O/c1-11(4-5-13-3-2-8-17-13)16-10-12-9-14-6-7-15-12/h2-3,6-9,11,16H,4-5,10H2,1H3. The Morgan fingerprint density at radius 3 is 3.06 bits per heavy atom. The van der Waals surface area contributed by atoms with E-state index in [0.29, 0.717) is 6.04 Å². The lowest BCUT2D eigenvalue weighted by Gasteiger charge is -2.12. The van der Waals surface area contributed by atoms with Crippen molar-refractivity contribution >= 4 is 0 Å². The fraction of sp³-hybridized carbons (Fsp3) is 0.385. The molecule has 0 bridgehead atoms. The third kappa shape index (κ3) is 4.00. The summed E-state index contributed by atoms with van der Waals surface area (Å²) < 4.78 is 5.30. The molecule has 0 aliphatic rings. The first-order chi connectivity index (χ1) is 8.34. The highest BCUT2D eigenvalue weighted by molar-refractivity contribution is 4.98. The van der Waals surface area contributed by atoms with Gasteiger partial charge in [-0.2, -0.15) is 0 Å². The van der Waals surface area contributed by atoms with E-state index >= 15 is 0 Å². The van der Waals surface area contributed by atoms with Crippen LogP contribution in [0.1, 0.15) is 24.8 Å². The molecule has 4 nitrogen and oxygen atoms in total. The van der Waals surface area contributed by atoms with E-state index in [0.717, 1.165) is 30.8 Å². The molecule has 1 unspecified atom stereocenters. The van der Waals surface area contributed by atoms with E-state index < -0.39 is 0 Å². The van der Waals surface area contributed by atoms with Crippen LogP contribution >= 0.6 is 0 Å². The first kappa shape index (κ1) is 11.8. The average molecular weight is 231 g/mol. The Hall–Kier alpha value is -1.68. The zero-order chi connectivity index (χ0) is 11.9. The van der Waals surface area contributed by atoms with E-state index in [2.05, 4.69) is 22.2 Å². The Balaban J connectivity index is 1.69. The molecule has 0 radical (unpaired) electrons. The summed E-state index contributed by atoms with van der Waals surface area (Å²) in [4.78, 5) is 8.25. The molecule has 90 valence electrons. The summed E-state index contributed by atoms with van der Waals surface area (Å²) in [5.41, 5.74) is 0.970. The minimum absolute atomic E-state index is 0.433. The molecule has 2 aromatic heterocycles. The summed E-state index contributed by atoms with van der Waals surface area (Å²) in [5, 5.41) is 3.42. The normalized spacial score (nSPS) is 12.5. The van der Waals surface area contributed by atoms with Gasteiger partial charge in [-0.3, -0.25) is 9.97 Å². The van der Waals surface area contributed by atoms with Gasteiger partial charge in [-0.1, -0.05) is 0 Å².